The molecule has 0 amide bonds. The van der Waals surface area contributed by atoms with Crippen molar-refractivity contribution < 1.29 is 9.47 Å². The van der Waals surface area contributed by atoms with Gasteiger partial charge >= 0.3 is 0 Å². The molecule has 4 nitrogen and oxygen atoms in total. The fourth-order valence-electron chi connectivity index (χ4n) is 1.21. The molecule has 1 aromatic carbocycles. The summed E-state index contributed by atoms with van der Waals surface area (Å²) in [4.78, 5) is 0. The fraction of sp³-hybridized carbons (Fsp3) is 0.364. The number of hydrogen-bond donors (Lipinski definition) is 1. The van der Waals surface area contributed by atoms with Crippen LogP contribution in [0.15, 0.2) is 16.6 Å². The van der Waals surface area contributed by atoms with Crippen molar-refractivity contribution in [1.29, 1.82) is 5.26 Å². The summed E-state index contributed by atoms with van der Waals surface area (Å²) < 4.78 is 11.4. The van der Waals surface area contributed by atoms with Crippen LogP contribution in [0.3, 0.4) is 0 Å². The number of nitrogens with zero attached hydrogens (tertiary/aromatic N) is 1. The number of nitriles is 1. The molecule has 0 bridgehead atoms. The SMILES string of the molecule is COc1cc(CN)cc(Br)c1OC(C)C#N. The monoisotopic (exact) mass is 284 g/mol. The number of halogens is 1. The summed E-state index contributed by atoms with van der Waals surface area (Å²) in [5.41, 5.74) is 6.48. The summed E-state index contributed by atoms with van der Waals surface area (Å²) in [6.45, 7) is 2.09. The minimum absolute atomic E-state index is 0.420. The molecule has 0 spiro atoms. The van der Waals surface area contributed by atoms with E-state index in [1.807, 2.05) is 12.1 Å². The van der Waals surface area contributed by atoms with Crippen LogP contribution in [-0.4, -0.2) is 13.2 Å². The van der Waals surface area contributed by atoms with Gasteiger partial charge in [-0.3, -0.25) is 0 Å². The first-order chi connectivity index (χ1) is 7.62. The summed E-state index contributed by atoms with van der Waals surface area (Å²) in [6.07, 6.45) is -0.533. The second-order valence-electron chi connectivity index (χ2n) is 3.20. The molecular weight excluding hydrogens is 272 g/mol. The molecule has 0 aromatic heterocycles. The zero-order valence-corrected chi connectivity index (χ0v) is 10.7. The molecule has 1 rings (SSSR count). The Kier molecular flexibility index (Phi) is 4.59. The van der Waals surface area contributed by atoms with Crippen LogP contribution in [0.4, 0.5) is 0 Å². The van der Waals surface area contributed by atoms with Gasteiger partial charge in [0.05, 0.1) is 11.6 Å². The van der Waals surface area contributed by atoms with Gasteiger partial charge in [0.15, 0.2) is 17.6 Å². The minimum atomic E-state index is -0.533. The summed E-state index contributed by atoms with van der Waals surface area (Å²) >= 11 is 3.37. The van der Waals surface area contributed by atoms with E-state index in [0.29, 0.717) is 18.0 Å². The van der Waals surface area contributed by atoms with Gasteiger partial charge in [0, 0.05) is 6.54 Å². The molecule has 1 atom stereocenters. The summed E-state index contributed by atoms with van der Waals surface area (Å²) in [7, 11) is 1.55. The van der Waals surface area contributed by atoms with Crippen molar-refractivity contribution in [3.05, 3.63) is 22.2 Å². The second kappa shape index (κ2) is 5.73. The molecule has 2 N–H and O–H groups in total. The van der Waals surface area contributed by atoms with Crippen LogP contribution in [0.5, 0.6) is 11.5 Å². The maximum Gasteiger partial charge on any atom is 0.181 e. The first-order valence-electron chi connectivity index (χ1n) is 4.75. The van der Waals surface area contributed by atoms with Crippen molar-refractivity contribution in [1.82, 2.24) is 0 Å². The van der Waals surface area contributed by atoms with Crippen molar-refractivity contribution >= 4 is 15.9 Å². The Morgan fingerprint density at radius 2 is 2.25 bits per heavy atom. The maximum absolute atomic E-state index is 8.70. The Morgan fingerprint density at radius 1 is 1.56 bits per heavy atom. The number of benzene rings is 1. The van der Waals surface area contributed by atoms with Crippen LogP contribution in [0, 0.1) is 11.3 Å². The number of nitrogens with two attached hydrogens (primary N) is 1. The normalized spacial score (nSPS) is 11.7. The van der Waals surface area contributed by atoms with E-state index in [1.54, 1.807) is 20.1 Å². The lowest BCUT2D eigenvalue weighted by molar-refractivity contribution is 0.258. The highest BCUT2D eigenvalue weighted by Gasteiger charge is 2.13. The molecule has 5 heteroatoms. The topological polar surface area (TPSA) is 68.3 Å². The zero-order chi connectivity index (χ0) is 12.1. The summed E-state index contributed by atoms with van der Waals surface area (Å²) in [5.74, 6) is 1.09. The van der Waals surface area contributed by atoms with E-state index < -0.39 is 6.10 Å². The van der Waals surface area contributed by atoms with Crippen LogP contribution in [0.25, 0.3) is 0 Å². The number of hydrogen-bond acceptors (Lipinski definition) is 4. The van der Waals surface area contributed by atoms with E-state index in [1.165, 1.54) is 0 Å². The first-order valence-corrected chi connectivity index (χ1v) is 5.54. The van der Waals surface area contributed by atoms with E-state index in [9.17, 15) is 0 Å². The van der Waals surface area contributed by atoms with Gasteiger partial charge in [-0.05, 0) is 40.5 Å². The molecule has 0 aliphatic carbocycles. The lowest BCUT2D eigenvalue weighted by Crippen LogP contribution is -2.10. The van der Waals surface area contributed by atoms with Gasteiger partial charge in [-0.25, -0.2) is 0 Å². The number of methoxy groups -OCH3 is 1. The van der Waals surface area contributed by atoms with Gasteiger partial charge in [0.1, 0.15) is 6.07 Å². The third-order valence-electron chi connectivity index (χ3n) is 2.00. The highest BCUT2D eigenvalue weighted by molar-refractivity contribution is 9.10. The van der Waals surface area contributed by atoms with E-state index in [0.717, 1.165) is 10.0 Å². The highest BCUT2D eigenvalue weighted by atomic mass is 79.9. The maximum atomic E-state index is 8.70. The standard InChI is InChI=1S/C11H13BrN2O2/c1-7(5-13)16-11-9(12)3-8(6-14)4-10(11)15-2/h3-4,7H,6,14H2,1-2H3. The van der Waals surface area contributed by atoms with Gasteiger partial charge < -0.3 is 15.2 Å². The Bertz CT molecular complexity index is 415. The molecule has 0 fully saturated rings. The van der Waals surface area contributed by atoms with Gasteiger partial charge in [0.2, 0.25) is 0 Å². The Labute approximate surface area is 103 Å². The van der Waals surface area contributed by atoms with Crippen LogP contribution in [0.2, 0.25) is 0 Å². The molecular formula is C11H13BrN2O2. The van der Waals surface area contributed by atoms with Crippen molar-refractivity contribution in [2.45, 2.75) is 19.6 Å². The molecule has 0 saturated heterocycles. The minimum Gasteiger partial charge on any atom is -0.493 e. The Hall–Kier alpha value is -1.25. The molecule has 16 heavy (non-hydrogen) atoms. The lowest BCUT2D eigenvalue weighted by Gasteiger charge is -2.14. The molecule has 1 aromatic rings. The Morgan fingerprint density at radius 3 is 2.75 bits per heavy atom. The smallest absolute Gasteiger partial charge is 0.181 e. The van der Waals surface area contributed by atoms with Crippen molar-refractivity contribution in [3.63, 3.8) is 0 Å². The van der Waals surface area contributed by atoms with E-state index >= 15 is 0 Å². The second-order valence-corrected chi connectivity index (χ2v) is 4.06. The predicted molar refractivity (Wildman–Crippen MR) is 64.3 cm³/mol. The van der Waals surface area contributed by atoms with Gasteiger partial charge in [-0.1, -0.05) is 0 Å². The molecule has 0 heterocycles. The van der Waals surface area contributed by atoms with Crippen molar-refractivity contribution in [2.75, 3.05) is 7.11 Å². The van der Waals surface area contributed by atoms with Gasteiger partial charge in [-0.2, -0.15) is 5.26 Å². The third kappa shape index (κ3) is 2.87. The summed E-state index contributed by atoms with van der Waals surface area (Å²) in [6, 6.07) is 5.64. The van der Waals surface area contributed by atoms with E-state index in [-0.39, 0.29) is 0 Å². The van der Waals surface area contributed by atoms with Crippen LogP contribution in [0.1, 0.15) is 12.5 Å². The van der Waals surface area contributed by atoms with Crippen molar-refractivity contribution in [3.8, 4) is 17.6 Å². The largest absolute Gasteiger partial charge is 0.493 e. The average Bonchev–Trinajstić information content (AvgIpc) is 2.30. The van der Waals surface area contributed by atoms with E-state index in [2.05, 4.69) is 15.9 Å². The van der Waals surface area contributed by atoms with Gasteiger partial charge in [0.25, 0.3) is 0 Å². The van der Waals surface area contributed by atoms with Gasteiger partial charge in [-0.15, -0.1) is 0 Å². The van der Waals surface area contributed by atoms with Crippen LogP contribution >= 0.6 is 15.9 Å². The van der Waals surface area contributed by atoms with Crippen molar-refractivity contribution in [2.24, 2.45) is 5.73 Å². The molecule has 0 aliphatic heterocycles. The Balaban J connectivity index is 3.12. The van der Waals surface area contributed by atoms with Crippen LogP contribution in [-0.2, 0) is 6.54 Å². The predicted octanol–water partition coefficient (Wildman–Crippen LogP) is 2.21. The molecule has 0 aliphatic rings. The first kappa shape index (κ1) is 12.8. The van der Waals surface area contributed by atoms with E-state index in [4.69, 9.17) is 20.5 Å². The quantitative estimate of drug-likeness (QED) is 0.920. The molecule has 1 unspecified atom stereocenters. The molecule has 0 radical (unpaired) electrons. The molecule has 0 saturated carbocycles. The fourth-order valence-corrected chi connectivity index (χ4v) is 1.79. The highest BCUT2D eigenvalue weighted by Crippen LogP contribution is 2.37. The number of rotatable bonds is 4. The number of ether oxygens (including phenoxy) is 2. The summed E-state index contributed by atoms with van der Waals surface area (Å²) in [5, 5.41) is 8.70. The van der Waals surface area contributed by atoms with Crippen LogP contribution < -0.4 is 15.2 Å². The molecule has 86 valence electrons. The average molecular weight is 285 g/mol. The zero-order valence-electron chi connectivity index (χ0n) is 9.16. The third-order valence-corrected chi connectivity index (χ3v) is 2.59. The lowest BCUT2D eigenvalue weighted by atomic mass is 10.2.